The van der Waals surface area contributed by atoms with Gasteiger partial charge in [0, 0.05) is 35.8 Å². The molecular weight excluding hydrogens is 355 g/mol. The Balaban J connectivity index is 1.92. The van der Waals surface area contributed by atoms with Crippen molar-refractivity contribution in [2.45, 2.75) is 26.1 Å². The Labute approximate surface area is 154 Å². The molecule has 5 nitrogen and oxygen atoms in total. The highest BCUT2D eigenvalue weighted by Crippen LogP contribution is 2.30. The van der Waals surface area contributed by atoms with Crippen molar-refractivity contribution < 1.29 is 13.2 Å². The maximum Gasteiger partial charge on any atom is 0.416 e. The Hall–Kier alpha value is -3.16. The van der Waals surface area contributed by atoms with Gasteiger partial charge in [-0.25, -0.2) is 4.98 Å². The second-order valence-corrected chi connectivity index (χ2v) is 6.20. The van der Waals surface area contributed by atoms with Gasteiger partial charge in [0.1, 0.15) is 5.82 Å². The largest absolute Gasteiger partial charge is 0.416 e. The number of hydrogen-bond donors (Lipinski definition) is 2. The minimum absolute atomic E-state index is 0.119. The molecule has 0 amide bonds. The summed E-state index contributed by atoms with van der Waals surface area (Å²) in [5.74, 6) is 0.882. The first-order valence-electron chi connectivity index (χ1n) is 8.31. The van der Waals surface area contributed by atoms with Crippen LogP contribution in [0.25, 0.3) is 11.3 Å². The lowest BCUT2D eigenvalue weighted by atomic mass is 10.2. The molecule has 0 aliphatic carbocycles. The van der Waals surface area contributed by atoms with Crippen molar-refractivity contribution in [3.63, 3.8) is 0 Å². The van der Waals surface area contributed by atoms with Crippen molar-refractivity contribution in [1.29, 1.82) is 0 Å². The van der Waals surface area contributed by atoms with Gasteiger partial charge in [-0.3, -0.25) is 4.98 Å². The number of benzene rings is 1. The van der Waals surface area contributed by atoms with Crippen LogP contribution in [-0.4, -0.2) is 21.0 Å². The molecule has 0 saturated carbocycles. The standard InChI is InChI=1S/C19H18F3N5/c1-12(2)24-18-26-16(13-4-3-9-23-11-13)10-17(27-18)25-15-7-5-14(6-8-15)19(20,21)22/h3-12H,1-2H3,(H2,24,25,26,27). The molecule has 8 heteroatoms. The van der Waals surface area contributed by atoms with Gasteiger partial charge < -0.3 is 10.6 Å². The lowest BCUT2D eigenvalue weighted by molar-refractivity contribution is -0.137. The summed E-state index contributed by atoms with van der Waals surface area (Å²) >= 11 is 0. The quantitative estimate of drug-likeness (QED) is 0.650. The molecule has 0 unspecified atom stereocenters. The molecule has 1 aromatic carbocycles. The van der Waals surface area contributed by atoms with Crippen molar-refractivity contribution in [2.24, 2.45) is 0 Å². The number of pyridine rings is 1. The predicted octanol–water partition coefficient (Wildman–Crippen LogP) is 5.12. The van der Waals surface area contributed by atoms with Crippen molar-refractivity contribution >= 4 is 17.5 Å². The maximum absolute atomic E-state index is 12.7. The zero-order valence-corrected chi connectivity index (χ0v) is 14.7. The average Bonchev–Trinajstić information content (AvgIpc) is 2.61. The fourth-order valence-electron chi connectivity index (χ4n) is 2.39. The topological polar surface area (TPSA) is 62.7 Å². The minimum atomic E-state index is -4.37. The molecule has 0 aliphatic rings. The summed E-state index contributed by atoms with van der Waals surface area (Å²) in [4.78, 5) is 13.0. The maximum atomic E-state index is 12.7. The molecule has 3 aromatic rings. The van der Waals surface area contributed by atoms with Crippen LogP contribution in [0.5, 0.6) is 0 Å². The predicted molar refractivity (Wildman–Crippen MR) is 98.7 cm³/mol. The number of halogens is 3. The second kappa shape index (κ2) is 7.61. The molecule has 2 N–H and O–H groups in total. The van der Waals surface area contributed by atoms with Gasteiger partial charge in [0.05, 0.1) is 11.3 Å². The average molecular weight is 373 g/mol. The first-order valence-corrected chi connectivity index (χ1v) is 8.31. The minimum Gasteiger partial charge on any atom is -0.352 e. The molecule has 0 fully saturated rings. The smallest absolute Gasteiger partial charge is 0.352 e. The molecular formula is C19H18F3N5. The van der Waals surface area contributed by atoms with Crippen molar-refractivity contribution in [2.75, 3.05) is 10.6 Å². The summed E-state index contributed by atoms with van der Waals surface area (Å²) in [6.07, 6.45) is -1.02. The van der Waals surface area contributed by atoms with Crippen LogP contribution in [0, 0.1) is 0 Å². The SMILES string of the molecule is CC(C)Nc1nc(Nc2ccc(C(F)(F)F)cc2)cc(-c2cccnc2)n1. The number of rotatable bonds is 5. The van der Waals surface area contributed by atoms with Crippen LogP contribution in [0.3, 0.4) is 0 Å². The van der Waals surface area contributed by atoms with E-state index in [1.54, 1.807) is 24.5 Å². The van der Waals surface area contributed by atoms with Crippen LogP contribution in [0.15, 0.2) is 54.9 Å². The van der Waals surface area contributed by atoms with Crippen molar-refractivity contribution in [1.82, 2.24) is 15.0 Å². The Bertz CT molecular complexity index is 893. The molecule has 3 rings (SSSR count). The Morgan fingerprint density at radius 2 is 1.74 bits per heavy atom. The van der Waals surface area contributed by atoms with Crippen LogP contribution in [0.2, 0.25) is 0 Å². The molecule has 0 radical (unpaired) electrons. The van der Waals surface area contributed by atoms with Crippen molar-refractivity contribution in [3.8, 4) is 11.3 Å². The van der Waals surface area contributed by atoms with Gasteiger partial charge in [-0.2, -0.15) is 18.2 Å². The third-order valence-electron chi connectivity index (χ3n) is 3.59. The number of nitrogens with zero attached hydrogens (tertiary/aromatic N) is 3. The van der Waals surface area contributed by atoms with Gasteiger partial charge in [-0.1, -0.05) is 0 Å². The van der Waals surface area contributed by atoms with E-state index in [0.717, 1.165) is 17.7 Å². The Kier molecular flexibility index (Phi) is 5.25. The van der Waals surface area contributed by atoms with Crippen molar-refractivity contribution in [3.05, 3.63) is 60.4 Å². The third-order valence-corrected chi connectivity index (χ3v) is 3.59. The van der Waals surface area contributed by atoms with Gasteiger partial charge in [0.15, 0.2) is 0 Å². The summed E-state index contributed by atoms with van der Waals surface area (Å²) < 4.78 is 38.1. The van der Waals surface area contributed by atoms with Gasteiger partial charge in [-0.05, 0) is 50.2 Å². The van der Waals surface area contributed by atoms with Crippen LogP contribution in [0.4, 0.5) is 30.6 Å². The second-order valence-electron chi connectivity index (χ2n) is 6.20. The fraction of sp³-hybridized carbons (Fsp3) is 0.211. The molecule has 2 heterocycles. The first kappa shape index (κ1) is 18.6. The summed E-state index contributed by atoms with van der Waals surface area (Å²) in [5, 5.41) is 6.17. The fourth-order valence-corrected chi connectivity index (χ4v) is 2.39. The number of hydrogen-bond acceptors (Lipinski definition) is 5. The first-order chi connectivity index (χ1) is 12.8. The zero-order valence-electron chi connectivity index (χ0n) is 14.7. The van der Waals surface area contributed by atoms with E-state index in [4.69, 9.17) is 0 Å². The highest BCUT2D eigenvalue weighted by molar-refractivity contribution is 5.67. The van der Waals surface area contributed by atoms with Crippen LogP contribution in [-0.2, 0) is 6.18 Å². The molecule has 0 aliphatic heterocycles. The van der Waals surface area contributed by atoms with Gasteiger partial charge >= 0.3 is 6.18 Å². The molecule has 0 bridgehead atoms. The van der Waals surface area contributed by atoms with E-state index in [0.29, 0.717) is 23.1 Å². The third kappa shape index (κ3) is 4.93. The summed E-state index contributed by atoms with van der Waals surface area (Å²) in [6, 6.07) is 10.3. The number of aromatic nitrogens is 3. The molecule has 0 atom stereocenters. The van der Waals surface area contributed by atoms with Gasteiger partial charge in [0.25, 0.3) is 0 Å². The monoisotopic (exact) mass is 373 g/mol. The summed E-state index contributed by atoms with van der Waals surface area (Å²) in [7, 11) is 0. The van der Waals surface area contributed by atoms with Crippen LogP contribution in [0.1, 0.15) is 19.4 Å². The van der Waals surface area contributed by atoms with E-state index in [1.165, 1.54) is 12.1 Å². The summed E-state index contributed by atoms with van der Waals surface area (Å²) in [5.41, 5.74) is 1.25. The zero-order chi connectivity index (χ0) is 19.4. The highest BCUT2D eigenvalue weighted by Gasteiger charge is 2.29. The molecule has 2 aromatic heterocycles. The van der Waals surface area contributed by atoms with E-state index in [9.17, 15) is 13.2 Å². The van der Waals surface area contributed by atoms with E-state index >= 15 is 0 Å². The van der Waals surface area contributed by atoms with Crippen LogP contribution >= 0.6 is 0 Å². The molecule has 140 valence electrons. The van der Waals surface area contributed by atoms with Gasteiger partial charge in [0.2, 0.25) is 5.95 Å². The Morgan fingerprint density at radius 1 is 1.00 bits per heavy atom. The highest BCUT2D eigenvalue weighted by atomic mass is 19.4. The lowest BCUT2D eigenvalue weighted by Gasteiger charge is -2.13. The van der Waals surface area contributed by atoms with E-state index < -0.39 is 11.7 Å². The number of nitrogens with one attached hydrogen (secondary N) is 2. The van der Waals surface area contributed by atoms with Crippen LogP contribution < -0.4 is 10.6 Å². The number of alkyl halides is 3. The van der Waals surface area contributed by atoms with E-state index in [2.05, 4.69) is 25.6 Å². The van der Waals surface area contributed by atoms with E-state index in [-0.39, 0.29) is 6.04 Å². The summed E-state index contributed by atoms with van der Waals surface area (Å²) in [6.45, 7) is 3.92. The Morgan fingerprint density at radius 3 is 2.33 bits per heavy atom. The van der Waals surface area contributed by atoms with Gasteiger partial charge in [-0.15, -0.1) is 0 Å². The molecule has 0 spiro atoms. The van der Waals surface area contributed by atoms with E-state index in [1.807, 2.05) is 19.9 Å². The number of anilines is 3. The normalized spacial score (nSPS) is 11.5. The molecule has 0 saturated heterocycles. The lowest BCUT2D eigenvalue weighted by Crippen LogP contribution is -2.13. The molecule has 27 heavy (non-hydrogen) atoms.